The van der Waals surface area contributed by atoms with Gasteiger partial charge in [-0.2, -0.15) is 0 Å². The van der Waals surface area contributed by atoms with Crippen LogP contribution < -0.4 is 5.73 Å². The van der Waals surface area contributed by atoms with Crippen molar-refractivity contribution in [3.8, 4) is 0 Å². The molecule has 1 amide bonds. The van der Waals surface area contributed by atoms with Gasteiger partial charge in [-0.15, -0.1) is 0 Å². The molecule has 1 unspecified atom stereocenters. The minimum absolute atomic E-state index is 0.157. The highest BCUT2D eigenvalue weighted by molar-refractivity contribution is 5.76. The Labute approximate surface area is 78.7 Å². The Balaban J connectivity index is 2.40. The Morgan fingerprint density at radius 1 is 1.46 bits per heavy atom. The first-order valence-electron chi connectivity index (χ1n) is 4.90. The number of carbonyl (C=O) groups excluding carboxylic acids is 1. The number of hydrogen-bond donors (Lipinski definition) is 2. The summed E-state index contributed by atoms with van der Waals surface area (Å²) in [5, 5.41) is 9.30. The highest BCUT2D eigenvalue weighted by Gasteiger charge is 2.18. The zero-order chi connectivity index (χ0) is 9.68. The quantitative estimate of drug-likeness (QED) is 0.636. The van der Waals surface area contributed by atoms with Gasteiger partial charge in [-0.25, -0.2) is 0 Å². The molecule has 1 fully saturated rings. The van der Waals surface area contributed by atoms with Gasteiger partial charge in [0, 0.05) is 26.1 Å². The van der Waals surface area contributed by atoms with E-state index in [0.29, 0.717) is 13.0 Å². The van der Waals surface area contributed by atoms with Gasteiger partial charge < -0.3 is 15.7 Å². The molecule has 1 rings (SSSR count). The van der Waals surface area contributed by atoms with Gasteiger partial charge in [0.25, 0.3) is 0 Å². The van der Waals surface area contributed by atoms with Crippen LogP contribution in [0.15, 0.2) is 0 Å². The predicted molar refractivity (Wildman–Crippen MR) is 50.1 cm³/mol. The number of carbonyl (C=O) groups is 1. The molecule has 1 heterocycles. The van der Waals surface area contributed by atoms with Crippen LogP contribution in [0.3, 0.4) is 0 Å². The number of aliphatic hydroxyl groups excluding tert-OH is 1. The molecule has 0 aromatic heterocycles. The number of nitrogens with two attached hydrogens (primary N) is 1. The smallest absolute Gasteiger partial charge is 0.222 e. The summed E-state index contributed by atoms with van der Waals surface area (Å²) in [5.74, 6) is 0.157. The minimum Gasteiger partial charge on any atom is -0.390 e. The molecule has 4 nitrogen and oxygen atoms in total. The van der Waals surface area contributed by atoms with Crippen molar-refractivity contribution in [2.45, 2.75) is 31.8 Å². The van der Waals surface area contributed by atoms with Crippen LogP contribution in [-0.4, -0.2) is 41.7 Å². The molecular weight excluding hydrogens is 168 g/mol. The summed E-state index contributed by atoms with van der Waals surface area (Å²) in [6.45, 7) is 1.40. The summed E-state index contributed by atoms with van der Waals surface area (Å²) in [5.41, 5.74) is 5.29. The molecule has 0 aromatic rings. The summed E-state index contributed by atoms with van der Waals surface area (Å²) in [6, 6.07) is 0. The normalized spacial score (nSPS) is 21.4. The average Bonchev–Trinajstić information content (AvgIpc) is 2.32. The molecule has 0 bridgehead atoms. The Morgan fingerprint density at radius 2 is 2.23 bits per heavy atom. The van der Waals surface area contributed by atoms with Crippen molar-refractivity contribution in [1.82, 2.24) is 4.90 Å². The van der Waals surface area contributed by atoms with E-state index in [4.69, 9.17) is 5.73 Å². The monoisotopic (exact) mass is 186 g/mol. The maximum Gasteiger partial charge on any atom is 0.222 e. The lowest BCUT2D eigenvalue weighted by Crippen LogP contribution is -2.39. The number of amides is 1. The Morgan fingerprint density at radius 3 is 2.92 bits per heavy atom. The van der Waals surface area contributed by atoms with Crippen molar-refractivity contribution >= 4 is 5.91 Å². The van der Waals surface area contributed by atoms with Crippen LogP contribution in [0, 0.1) is 0 Å². The van der Waals surface area contributed by atoms with Crippen LogP contribution in [0.25, 0.3) is 0 Å². The summed E-state index contributed by atoms with van der Waals surface area (Å²) in [7, 11) is 0. The Kier molecular flexibility index (Phi) is 4.18. The second-order valence-electron chi connectivity index (χ2n) is 3.54. The number of β-amino-alcohol motifs (C(OH)–C–C–N with tert-alkyl or cyclic N) is 1. The SMILES string of the molecule is NCC(O)CN1CCCCCC1=O. The van der Waals surface area contributed by atoms with E-state index in [0.717, 1.165) is 25.8 Å². The van der Waals surface area contributed by atoms with Crippen LogP contribution in [0.1, 0.15) is 25.7 Å². The van der Waals surface area contributed by atoms with Crippen LogP contribution >= 0.6 is 0 Å². The molecule has 1 saturated heterocycles. The van der Waals surface area contributed by atoms with Gasteiger partial charge in [0.1, 0.15) is 0 Å². The highest BCUT2D eigenvalue weighted by atomic mass is 16.3. The van der Waals surface area contributed by atoms with E-state index in [2.05, 4.69) is 0 Å². The topological polar surface area (TPSA) is 66.6 Å². The number of aliphatic hydroxyl groups is 1. The van der Waals surface area contributed by atoms with Crippen molar-refractivity contribution < 1.29 is 9.90 Å². The van der Waals surface area contributed by atoms with Gasteiger partial charge in [-0.05, 0) is 12.8 Å². The molecular formula is C9H18N2O2. The van der Waals surface area contributed by atoms with Crippen LogP contribution in [0.2, 0.25) is 0 Å². The second kappa shape index (κ2) is 5.19. The van der Waals surface area contributed by atoms with E-state index < -0.39 is 6.10 Å². The number of nitrogens with zero attached hydrogens (tertiary/aromatic N) is 1. The lowest BCUT2D eigenvalue weighted by molar-refractivity contribution is -0.131. The standard InChI is InChI=1S/C9H18N2O2/c10-6-8(12)7-11-5-3-1-2-4-9(11)13/h8,12H,1-7,10H2. The molecule has 3 N–H and O–H groups in total. The zero-order valence-electron chi connectivity index (χ0n) is 7.91. The van der Waals surface area contributed by atoms with E-state index in [-0.39, 0.29) is 12.5 Å². The Bertz CT molecular complexity index is 173. The highest BCUT2D eigenvalue weighted by Crippen LogP contribution is 2.11. The molecule has 0 saturated carbocycles. The van der Waals surface area contributed by atoms with E-state index in [1.165, 1.54) is 0 Å². The molecule has 4 heteroatoms. The predicted octanol–water partition coefficient (Wildman–Crippen LogP) is -0.291. The van der Waals surface area contributed by atoms with Crippen LogP contribution in [0.4, 0.5) is 0 Å². The molecule has 0 aromatic carbocycles. The van der Waals surface area contributed by atoms with E-state index in [1.54, 1.807) is 4.90 Å². The molecule has 1 aliphatic heterocycles. The van der Waals surface area contributed by atoms with Crippen molar-refractivity contribution in [3.05, 3.63) is 0 Å². The first kappa shape index (κ1) is 10.5. The van der Waals surface area contributed by atoms with Crippen LogP contribution in [0.5, 0.6) is 0 Å². The van der Waals surface area contributed by atoms with Crippen molar-refractivity contribution in [2.75, 3.05) is 19.6 Å². The fourth-order valence-electron chi connectivity index (χ4n) is 1.56. The Hall–Kier alpha value is -0.610. The first-order valence-corrected chi connectivity index (χ1v) is 4.90. The first-order chi connectivity index (χ1) is 6.24. The van der Waals surface area contributed by atoms with Gasteiger partial charge in [0.05, 0.1) is 6.10 Å². The third kappa shape index (κ3) is 3.32. The second-order valence-corrected chi connectivity index (χ2v) is 3.54. The lowest BCUT2D eigenvalue weighted by Gasteiger charge is -2.22. The van der Waals surface area contributed by atoms with Crippen LogP contribution in [-0.2, 0) is 4.79 Å². The van der Waals surface area contributed by atoms with Gasteiger partial charge >= 0.3 is 0 Å². The van der Waals surface area contributed by atoms with E-state index in [1.807, 2.05) is 0 Å². The van der Waals surface area contributed by atoms with Crippen molar-refractivity contribution in [1.29, 1.82) is 0 Å². The van der Waals surface area contributed by atoms with Gasteiger partial charge in [0.15, 0.2) is 0 Å². The molecule has 1 atom stereocenters. The molecule has 0 spiro atoms. The van der Waals surface area contributed by atoms with Gasteiger partial charge in [-0.1, -0.05) is 6.42 Å². The average molecular weight is 186 g/mol. The summed E-state index contributed by atoms with van der Waals surface area (Å²) in [6.07, 6.45) is 3.19. The summed E-state index contributed by atoms with van der Waals surface area (Å²) < 4.78 is 0. The number of rotatable bonds is 3. The zero-order valence-corrected chi connectivity index (χ0v) is 7.91. The maximum absolute atomic E-state index is 11.4. The number of likely N-dealkylation sites (tertiary alicyclic amines) is 1. The third-order valence-electron chi connectivity index (χ3n) is 2.37. The van der Waals surface area contributed by atoms with Crippen molar-refractivity contribution in [3.63, 3.8) is 0 Å². The fraction of sp³-hybridized carbons (Fsp3) is 0.889. The maximum atomic E-state index is 11.4. The van der Waals surface area contributed by atoms with Gasteiger partial charge in [0.2, 0.25) is 5.91 Å². The molecule has 76 valence electrons. The fourth-order valence-corrected chi connectivity index (χ4v) is 1.56. The minimum atomic E-state index is -0.568. The molecule has 1 aliphatic rings. The summed E-state index contributed by atoms with van der Waals surface area (Å²) in [4.78, 5) is 13.2. The lowest BCUT2D eigenvalue weighted by atomic mass is 10.2. The van der Waals surface area contributed by atoms with Crippen molar-refractivity contribution in [2.24, 2.45) is 5.73 Å². The van der Waals surface area contributed by atoms with E-state index in [9.17, 15) is 9.90 Å². The molecule has 0 aliphatic carbocycles. The third-order valence-corrected chi connectivity index (χ3v) is 2.37. The molecule has 0 radical (unpaired) electrons. The molecule has 13 heavy (non-hydrogen) atoms. The largest absolute Gasteiger partial charge is 0.390 e. The summed E-state index contributed by atoms with van der Waals surface area (Å²) >= 11 is 0. The van der Waals surface area contributed by atoms with E-state index >= 15 is 0 Å². The van der Waals surface area contributed by atoms with Gasteiger partial charge in [-0.3, -0.25) is 4.79 Å². The number of hydrogen-bond acceptors (Lipinski definition) is 3.